The van der Waals surface area contributed by atoms with Gasteiger partial charge in [-0.25, -0.2) is 17.6 Å². The first-order valence-corrected chi connectivity index (χ1v) is 6.29. The smallest absolute Gasteiger partial charge is 0.261 e. The molecule has 6 heteroatoms. The Bertz CT molecular complexity index is 398. The number of rotatable bonds is 6. The highest BCUT2D eigenvalue weighted by Gasteiger charge is 2.15. The van der Waals surface area contributed by atoms with Crippen molar-refractivity contribution in [2.75, 3.05) is 13.2 Å². The Morgan fingerprint density at radius 3 is 2.50 bits per heavy atom. The van der Waals surface area contributed by atoms with Crippen molar-refractivity contribution in [2.24, 2.45) is 0 Å². The van der Waals surface area contributed by atoms with Crippen LogP contribution in [-0.4, -0.2) is 19.6 Å². The number of halogens is 5. The van der Waals surface area contributed by atoms with Gasteiger partial charge in [0.1, 0.15) is 18.2 Å². The molecule has 1 aromatic rings. The van der Waals surface area contributed by atoms with Gasteiger partial charge in [-0.1, -0.05) is 15.9 Å². The first kappa shape index (κ1) is 15.4. The van der Waals surface area contributed by atoms with Crippen LogP contribution in [0.1, 0.15) is 22.4 Å². The minimum atomic E-state index is -2.51. The zero-order valence-corrected chi connectivity index (χ0v) is 11.3. The number of hydrogen-bond donors (Lipinski definition) is 0. The highest BCUT2D eigenvalue weighted by Crippen LogP contribution is 2.30. The maximum absolute atomic E-state index is 13.5. The van der Waals surface area contributed by atoms with Gasteiger partial charge in [0.25, 0.3) is 6.43 Å². The van der Waals surface area contributed by atoms with Crippen molar-refractivity contribution in [2.45, 2.75) is 24.6 Å². The van der Waals surface area contributed by atoms with Crippen LogP contribution in [0, 0.1) is 18.6 Å². The summed E-state index contributed by atoms with van der Waals surface area (Å²) in [5, 5.41) is 0. The summed E-state index contributed by atoms with van der Waals surface area (Å²) in [6.45, 7) is 0.978. The van der Waals surface area contributed by atoms with Crippen LogP contribution in [0.2, 0.25) is 0 Å². The molecule has 0 fully saturated rings. The van der Waals surface area contributed by atoms with Crippen LogP contribution >= 0.6 is 15.9 Å². The molecule has 0 aliphatic rings. The van der Waals surface area contributed by atoms with Crippen LogP contribution in [0.4, 0.5) is 17.6 Å². The van der Waals surface area contributed by atoms with Gasteiger partial charge in [-0.3, -0.25) is 0 Å². The summed E-state index contributed by atoms with van der Waals surface area (Å²) < 4.78 is 54.9. The quantitative estimate of drug-likeness (QED) is 0.428. The van der Waals surface area contributed by atoms with Crippen LogP contribution in [0.15, 0.2) is 12.1 Å². The van der Waals surface area contributed by atoms with Gasteiger partial charge in [-0.15, -0.1) is 0 Å². The highest BCUT2D eigenvalue weighted by atomic mass is 79.9. The number of ether oxygens (including phenoxy) is 1. The maximum Gasteiger partial charge on any atom is 0.261 e. The molecular weight excluding hydrogens is 316 g/mol. The first-order valence-electron chi connectivity index (χ1n) is 5.37. The summed E-state index contributed by atoms with van der Waals surface area (Å²) in [6, 6.07) is 2.22. The van der Waals surface area contributed by atoms with Crippen LogP contribution in [0.25, 0.3) is 0 Å². The van der Waals surface area contributed by atoms with E-state index in [1.165, 1.54) is 13.0 Å². The molecule has 0 spiro atoms. The zero-order chi connectivity index (χ0) is 13.7. The molecular formula is C12H13BrF4O. The third kappa shape index (κ3) is 4.57. The molecule has 0 N–H and O–H groups in total. The number of aryl methyl sites for hydroxylation is 1. The summed E-state index contributed by atoms with van der Waals surface area (Å²) in [6.07, 6.45) is -2.18. The monoisotopic (exact) mass is 328 g/mol. The molecule has 0 amide bonds. The standard InChI is InChI=1S/C12H13BrF4O/c1-7-4-8(11(15)5-10(7)14)9(13)2-3-18-6-12(16)17/h4-5,9,12H,2-3,6H2,1H3. The first-order chi connectivity index (χ1) is 8.41. The third-order valence-corrected chi connectivity index (χ3v) is 3.33. The molecule has 0 aliphatic heterocycles. The Morgan fingerprint density at radius 2 is 1.89 bits per heavy atom. The van der Waals surface area contributed by atoms with E-state index in [1.807, 2.05) is 0 Å². The van der Waals surface area contributed by atoms with Gasteiger partial charge in [-0.2, -0.15) is 0 Å². The molecule has 0 heterocycles. The second kappa shape index (κ2) is 7.09. The molecule has 0 aromatic heterocycles. The van der Waals surface area contributed by atoms with E-state index < -0.39 is 29.5 Å². The molecule has 102 valence electrons. The minimum Gasteiger partial charge on any atom is -0.375 e. The largest absolute Gasteiger partial charge is 0.375 e. The molecule has 1 unspecified atom stereocenters. The van der Waals surface area contributed by atoms with Crippen LogP contribution in [0.5, 0.6) is 0 Å². The van der Waals surface area contributed by atoms with Crippen molar-refractivity contribution in [3.63, 3.8) is 0 Å². The van der Waals surface area contributed by atoms with Crippen molar-refractivity contribution in [1.29, 1.82) is 0 Å². The normalized spacial score (nSPS) is 13.1. The third-order valence-electron chi connectivity index (χ3n) is 2.37. The van der Waals surface area contributed by atoms with Gasteiger partial charge in [-0.05, 0) is 25.0 Å². The van der Waals surface area contributed by atoms with E-state index in [2.05, 4.69) is 15.9 Å². The summed E-state index contributed by atoms with van der Waals surface area (Å²) in [7, 11) is 0. The Hall–Kier alpha value is -0.620. The van der Waals surface area contributed by atoms with E-state index in [0.717, 1.165) is 6.07 Å². The Morgan fingerprint density at radius 1 is 1.22 bits per heavy atom. The van der Waals surface area contributed by atoms with Crippen molar-refractivity contribution < 1.29 is 22.3 Å². The van der Waals surface area contributed by atoms with E-state index in [1.54, 1.807) is 0 Å². The summed E-state index contributed by atoms with van der Waals surface area (Å²) in [5.74, 6) is -1.27. The molecule has 1 nitrogen and oxygen atoms in total. The van der Waals surface area contributed by atoms with Gasteiger partial charge < -0.3 is 4.74 Å². The van der Waals surface area contributed by atoms with Crippen LogP contribution < -0.4 is 0 Å². The summed E-state index contributed by atoms with van der Waals surface area (Å²) in [4.78, 5) is -0.394. The Kier molecular flexibility index (Phi) is 6.08. The Labute approximate surface area is 111 Å². The number of hydrogen-bond acceptors (Lipinski definition) is 1. The fourth-order valence-electron chi connectivity index (χ4n) is 1.43. The lowest BCUT2D eigenvalue weighted by atomic mass is 10.1. The second-order valence-corrected chi connectivity index (χ2v) is 4.95. The highest BCUT2D eigenvalue weighted by molar-refractivity contribution is 9.09. The van der Waals surface area contributed by atoms with Gasteiger partial charge in [0.05, 0.1) is 0 Å². The van der Waals surface area contributed by atoms with Gasteiger partial charge in [0.15, 0.2) is 0 Å². The van der Waals surface area contributed by atoms with Crippen LogP contribution in [0.3, 0.4) is 0 Å². The average molecular weight is 329 g/mol. The van der Waals surface area contributed by atoms with E-state index in [9.17, 15) is 17.6 Å². The van der Waals surface area contributed by atoms with Gasteiger partial charge >= 0.3 is 0 Å². The Balaban J connectivity index is 2.56. The molecule has 1 aromatic carbocycles. The average Bonchev–Trinajstić information content (AvgIpc) is 2.28. The molecule has 0 aliphatic carbocycles. The lowest BCUT2D eigenvalue weighted by Crippen LogP contribution is -2.07. The fraction of sp³-hybridized carbons (Fsp3) is 0.500. The van der Waals surface area contributed by atoms with E-state index in [-0.39, 0.29) is 6.61 Å². The number of alkyl halides is 3. The molecule has 0 saturated heterocycles. The zero-order valence-electron chi connectivity index (χ0n) is 9.73. The minimum absolute atomic E-state index is 0.0795. The molecule has 18 heavy (non-hydrogen) atoms. The van der Waals surface area contributed by atoms with Crippen molar-refractivity contribution in [3.8, 4) is 0 Å². The van der Waals surface area contributed by atoms with Crippen molar-refractivity contribution in [3.05, 3.63) is 34.9 Å². The topological polar surface area (TPSA) is 9.23 Å². The molecule has 0 saturated carbocycles. The molecule has 1 rings (SSSR count). The number of benzene rings is 1. The molecule has 0 radical (unpaired) electrons. The fourth-order valence-corrected chi connectivity index (χ4v) is 1.97. The predicted molar refractivity (Wildman–Crippen MR) is 64.2 cm³/mol. The van der Waals surface area contributed by atoms with Crippen molar-refractivity contribution in [1.82, 2.24) is 0 Å². The second-order valence-electron chi connectivity index (χ2n) is 3.85. The van der Waals surface area contributed by atoms with Crippen LogP contribution in [-0.2, 0) is 4.74 Å². The molecule has 1 atom stereocenters. The summed E-state index contributed by atoms with van der Waals surface area (Å²) >= 11 is 3.23. The molecule has 0 bridgehead atoms. The van der Waals surface area contributed by atoms with Gasteiger partial charge in [0, 0.05) is 23.1 Å². The van der Waals surface area contributed by atoms with Gasteiger partial charge in [0.2, 0.25) is 0 Å². The summed E-state index contributed by atoms with van der Waals surface area (Å²) in [5.41, 5.74) is 0.638. The van der Waals surface area contributed by atoms with Crippen molar-refractivity contribution >= 4 is 15.9 Å². The SMILES string of the molecule is Cc1cc(C(Br)CCOCC(F)F)c(F)cc1F. The van der Waals surface area contributed by atoms with E-state index in [4.69, 9.17) is 4.74 Å². The predicted octanol–water partition coefficient (Wildman–Crippen LogP) is 4.38. The van der Waals surface area contributed by atoms with E-state index in [0.29, 0.717) is 17.5 Å². The van der Waals surface area contributed by atoms with E-state index >= 15 is 0 Å². The lowest BCUT2D eigenvalue weighted by molar-refractivity contribution is 0.0167. The maximum atomic E-state index is 13.5. The lowest BCUT2D eigenvalue weighted by Gasteiger charge is -2.12.